The molecule has 0 bridgehead atoms. The summed E-state index contributed by atoms with van der Waals surface area (Å²) in [7, 11) is 0. The Kier molecular flexibility index (Phi) is 10.7. The second-order valence-electron chi connectivity index (χ2n) is 11.8. The van der Waals surface area contributed by atoms with Crippen LogP contribution in [0.2, 0.25) is 0 Å². The number of aryl methyl sites for hydroxylation is 2. The minimum Gasteiger partial charge on any atom is -0.508 e. The molecular weight excluding hydrogens is 588 g/mol. The molecule has 12 heteroatoms. The zero-order valence-corrected chi connectivity index (χ0v) is 27.4. The standard InChI is InChI=1S/C32H38N6O6.C2H6/c1-20-9-8-10-25-27(20)37(31(43)44-32(2,3)4)13-12-36(25)26-15-21-19-33-30(34-22-16-23(40)18-24(41)17-22)35-28(21)38(29(26)42)11-6-5-7-14-39;1-2/h8-10,15-19,39-41H,5-7,11-14H2,1-4H3,(H,33,34,35);1-2H3. The van der Waals surface area contributed by atoms with Crippen LogP contribution in [-0.2, 0) is 11.3 Å². The Labute approximate surface area is 268 Å². The van der Waals surface area contributed by atoms with Gasteiger partial charge < -0.3 is 30.3 Å². The fourth-order valence-corrected chi connectivity index (χ4v) is 5.35. The summed E-state index contributed by atoms with van der Waals surface area (Å²) in [6, 6.07) is 11.5. The number of benzene rings is 2. The summed E-state index contributed by atoms with van der Waals surface area (Å²) in [5.74, 6) is -0.0623. The number of phenolic OH excluding ortho intramolecular Hbond substituents is 2. The van der Waals surface area contributed by atoms with Gasteiger partial charge in [-0.3, -0.25) is 14.3 Å². The van der Waals surface area contributed by atoms with Crippen LogP contribution in [0.3, 0.4) is 0 Å². The molecule has 1 amide bonds. The number of anilines is 5. The van der Waals surface area contributed by atoms with Crippen LogP contribution >= 0.6 is 0 Å². The predicted molar refractivity (Wildman–Crippen MR) is 181 cm³/mol. The molecule has 0 unspecified atom stereocenters. The molecule has 3 heterocycles. The number of aromatic hydroxyl groups is 2. The third-order valence-electron chi connectivity index (χ3n) is 7.24. The summed E-state index contributed by atoms with van der Waals surface area (Å²) in [5.41, 5.74) is 2.60. The largest absolute Gasteiger partial charge is 0.508 e. The van der Waals surface area contributed by atoms with E-state index in [0.717, 1.165) is 12.0 Å². The number of rotatable bonds is 8. The number of pyridine rings is 1. The SMILES string of the molecule is CC.Cc1cccc2c1N(C(=O)OC(C)(C)C)CCN2c1cc2cnc(Nc3cc(O)cc(O)c3)nc2n(CCCCCO)c1=O. The highest BCUT2D eigenvalue weighted by Crippen LogP contribution is 2.40. The molecule has 2 aromatic carbocycles. The van der Waals surface area contributed by atoms with Gasteiger partial charge >= 0.3 is 6.09 Å². The molecule has 0 aliphatic carbocycles. The molecule has 0 saturated carbocycles. The van der Waals surface area contributed by atoms with Crippen molar-refractivity contribution in [3.8, 4) is 11.5 Å². The number of nitrogens with zero attached hydrogens (tertiary/aromatic N) is 5. The predicted octanol–water partition coefficient (Wildman–Crippen LogP) is 6.34. The summed E-state index contributed by atoms with van der Waals surface area (Å²) in [4.78, 5) is 40.0. The Morgan fingerprint density at radius 2 is 1.72 bits per heavy atom. The van der Waals surface area contributed by atoms with Gasteiger partial charge in [0.1, 0.15) is 28.4 Å². The van der Waals surface area contributed by atoms with Crippen LogP contribution in [0.25, 0.3) is 11.0 Å². The number of carbonyl (C=O) groups is 1. The molecule has 0 radical (unpaired) electrons. The van der Waals surface area contributed by atoms with Crippen LogP contribution in [0.4, 0.5) is 33.5 Å². The Morgan fingerprint density at radius 3 is 2.39 bits per heavy atom. The smallest absolute Gasteiger partial charge is 0.414 e. The Morgan fingerprint density at radius 1 is 1.00 bits per heavy atom. The zero-order chi connectivity index (χ0) is 33.6. The van der Waals surface area contributed by atoms with Gasteiger partial charge in [0.15, 0.2) is 0 Å². The van der Waals surface area contributed by atoms with Gasteiger partial charge in [0, 0.05) is 61.7 Å². The molecule has 5 rings (SSSR count). The number of amides is 1. The van der Waals surface area contributed by atoms with E-state index in [1.54, 1.807) is 21.7 Å². The van der Waals surface area contributed by atoms with Gasteiger partial charge in [-0.25, -0.2) is 9.78 Å². The second-order valence-corrected chi connectivity index (χ2v) is 11.8. The van der Waals surface area contributed by atoms with Crippen molar-refractivity contribution in [2.45, 2.75) is 73.0 Å². The van der Waals surface area contributed by atoms with E-state index >= 15 is 0 Å². The van der Waals surface area contributed by atoms with Crippen LogP contribution in [0.1, 0.15) is 59.4 Å². The molecule has 1 aliphatic heterocycles. The lowest BCUT2D eigenvalue weighted by atomic mass is 10.1. The first-order chi connectivity index (χ1) is 21.9. The van der Waals surface area contributed by atoms with Crippen LogP contribution in [0.5, 0.6) is 11.5 Å². The zero-order valence-electron chi connectivity index (χ0n) is 27.4. The second kappa shape index (κ2) is 14.5. The minimum atomic E-state index is -0.659. The van der Waals surface area contributed by atoms with Crippen molar-refractivity contribution in [3.63, 3.8) is 0 Å². The number of unbranched alkanes of at least 4 members (excludes halogenated alkanes) is 2. The molecule has 4 aromatic rings. The maximum atomic E-state index is 14.2. The van der Waals surface area contributed by atoms with E-state index in [4.69, 9.17) is 4.74 Å². The van der Waals surface area contributed by atoms with E-state index in [9.17, 15) is 24.9 Å². The number of aliphatic hydroxyl groups is 1. The van der Waals surface area contributed by atoms with Crippen LogP contribution in [0.15, 0.2) is 53.5 Å². The van der Waals surface area contributed by atoms with E-state index in [0.29, 0.717) is 66.3 Å². The highest BCUT2D eigenvalue weighted by Gasteiger charge is 2.33. The summed E-state index contributed by atoms with van der Waals surface area (Å²) < 4.78 is 7.31. The van der Waals surface area contributed by atoms with Crippen LogP contribution < -0.4 is 20.7 Å². The molecule has 1 aliphatic rings. The number of carbonyl (C=O) groups excluding carboxylic acids is 1. The summed E-state index contributed by atoms with van der Waals surface area (Å²) >= 11 is 0. The molecule has 46 heavy (non-hydrogen) atoms. The Balaban J connectivity index is 0.00000235. The summed E-state index contributed by atoms with van der Waals surface area (Å²) in [6.45, 7) is 12.5. The number of fused-ring (bicyclic) bond motifs is 2. The van der Waals surface area contributed by atoms with Gasteiger partial charge in [0.2, 0.25) is 5.95 Å². The maximum Gasteiger partial charge on any atom is 0.414 e. The normalized spacial score (nSPS) is 12.8. The fourth-order valence-electron chi connectivity index (χ4n) is 5.35. The fraction of sp³-hybridized carbons (Fsp3) is 0.412. The van der Waals surface area contributed by atoms with E-state index in [1.165, 1.54) is 18.2 Å². The summed E-state index contributed by atoms with van der Waals surface area (Å²) in [6.07, 6.45) is 3.17. The number of aromatic nitrogens is 3. The number of nitrogens with one attached hydrogen (secondary N) is 1. The van der Waals surface area contributed by atoms with Gasteiger partial charge in [-0.2, -0.15) is 4.98 Å². The number of aliphatic hydroxyl groups excluding tert-OH is 1. The van der Waals surface area contributed by atoms with Gasteiger partial charge in [0.25, 0.3) is 5.56 Å². The lowest BCUT2D eigenvalue weighted by Gasteiger charge is -2.39. The van der Waals surface area contributed by atoms with Crippen molar-refractivity contribution < 1.29 is 24.9 Å². The number of hydrogen-bond donors (Lipinski definition) is 4. The Bertz CT molecular complexity index is 1730. The molecule has 2 aromatic heterocycles. The monoisotopic (exact) mass is 632 g/mol. The van der Waals surface area contributed by atoms with E-state index < -0.39 is 11.7 Å². The summed E-state index contributed by atoms with van der Waals surface area (Å²) in [5, 5.41) is 32.6. The number of ether oxygens (including phenoxy) is 1. The molecule has 4 N–H and O–H groups in total. The van der Waals surface area contributed by atoms with Gasteiger partial charge in [-0.15, -0.1) is 0 Å². The third-order valence-corrected chi connectivity index (χ3v) is 7.24. The molecule has 0 atom stereocenters. The average Bonchev–Trinajstić information content (AvgIpc) is 2.99. The molecular formula is C34H44N6O6. The number of hydrogen-bond acceptors (Lipinski definition) is 10. The first-order valence-electron chi connectivity index (χ1n) is 15.6. The van der Waals surface area contributed by atoms with E-state index in [2.05, 4.69) is 15.3 Å². The molecule has 0 spiro atoms. The topological polar surface area (TPSA) is 153 Å². The van der Waals surface area contributed by atoms with Gasteiger partial charge in [0.05, 0.1) is 11.4 Å². The first kappa shape index (κ1) is 34.0. The highest BCUT2D eigenvalue weighted by atomic mass is 16.6. The lowest BCUT2D eigenvalue weighted by molar-refractivity contribution is 0.0580. The van der Waals surface area contributed by atoms with Crippen molar-refractivity contribution in [1.82, 2.24) is 14.5 Å². The third kappa shape index (κ3) is 7.68. The van der Waals surface area contributed by atoms with Gasteiger partial charge in [-0.05, 0) is 64.7 Å². The first-order valence-corrected chi connectivity index (χ1v) is 15.6. The van der Waals surface area contributed by atoms with Crippen LogP contribution in [-0.4, -0.2) is 61.2 Å². The molecule has 246 valence electrons. The number of phenols is 2. The molecule has 12 nitrogen and oxygen atoms in total. The van der Waals surface area contributed by atoms with Crippen molar-refractivity contribution in [2.24, 2.45) is 0 Å². The molecule has 0 fully saturated rings. The minimum absolute atomic E-state index is 0.0702. The van der Waals surface area contributed by atoms with Crippen molar-refractivity contribution in [3.05, 3.63) is 64.6 Å². The molecule has 0 saturated heterocycles. The van der Waals surface area contributed by atoms with Crippen molar-refractivity contribution >= 4 is 45.8 Å². The Hall–Kier alpha value is -4.84. The quantitative estimate of drug-likeness (QED) is 0.162. The highest BCUT2D eigenvalue weighted by molar-refractivity contribution is 5.97. The maximum absolute atomic E-state index is 14.2. The van der Waals surface area contributed by atoms with Gasteiger partial charge in [-0.1, -0.05) is 26.0 Å². The van der Waals surface area contributed by atoms with Crippen LogP contribution in [0, 0.1) is 6.92 Å². The lowest BCUT2D eigenvalue weighted by Crippen LogP contribution is -2.46. The van der Waals surface area contributed by atoms with E-state index in [1.807, 2.05) is 64.6 Å². The van der Waals surface area contributed by atoms with Crippen molar-refractivity contribution in [1.29, 1.82) is 0 Å². The van der Waals surface area contributed by atoms with Crippen molar-refractivity contribution in [2.75, 3.05) is 34.8 Å². The van der Waals surface area contributed by atoms with E-state index in [-0.39, 0.29) is 29.6 Å². The average molecular weight is 633 g/mol. The number of para-hydroxylation sites is 1.